The molecule has 1 amide bonds. The molecule has 2 atom stereocenters. The first-order valence-corrected chi connectivity index (χ1v) is 6.23. The molecular formula is C13H19N3O2. The highest BCUT2D eigenvalue weighted by molar-refractivity contribution is 5.76. The molecule has 0 bridgehead atoms. The number of hydrogen-bond donors (Lipinski definition) is 1. The molecule has 0 spiro atoms. The lowest BCUT2D eigenvalue weighted by molar-refractivity contribution is -0.132. The van der Waals surface area contributed by atoms with E-state index in [0.717, 1.165) is 13.0 Å². The number of nitrogens with two attached hydrogens (primary N) is 1. The zero-order chi connectivity index (χ0) is 13.3. The van der Waals surface area contributed by atoms with Crippen LogP contribution in [-0.2, 0) is 11.3 Å². The van der Waals surface area contributed by atoms with Gasteiger partial charge in [0.15, 0.2) is 0 Å². The van der Waals surface area contributed by atoms with Crippen molar-refractivity contribution in [3.63, 3.8) is 0 Å². The predicted molar refractivity (Wildman–Crippen MR) is 70.1 cm³/mol. The van der Waals surface area contributed by atoms with Crippen molar-refractivity contribution in [3.8, 4) is 0 Å². The van der Waals surface area contributed by atoms with Gasteiger partial charge in [-0.3, -0.25) is 9.59 Å². The number of likely N-dealkylation sites (tertiary alicyclic amines) is 1. The van der Waals surface area contributed by atoms with Crippen LogP contribution in [0.15, 0.2) is 23.1 Å². The summed E-state index contributed by atoms with van der Waals surface area (Å²) in [6.07, 6.45) is 2.54. The van der Waals surface area contributed by atoms with Gasteiger partial charge in [-0.25, -0.2) is 0 Å². The third-order valence-electron chi connectivity index (χ3n) is 3.42. The molecule has 2 unspecified atom stereocenters. The van der Waals surface area contributed by atoms with Crippen LogP contribution in [0.5, 0.6) is 0 Å². The molecule has 1 saturated heterocycles. The zero-order valence-corrected chi connectivity index (χ0v) is 10.8. The SMILES string of the molecule is CC1CC(C)N(C(=O)Cn2cc(N)ccc2=O)C1. The fraction of sp³-hybridized carbons (Fsp3) is 0.538. The van der Waals surface area contributed by atoms with Crippen molar-refractivity contribution in [1.82, 2.24) is 9.47 Å². The fourth-order valence-corrected chi connectivity index (χ4v) is 2.56. The van der Waals surface area contributed by atoms with Crippen LogP contribution in [0, 0.1) is 5.92 Å². The van der Waals surface area contributed by atoms with Gasteiger partial charge >= 0.3 is 0 Å². The summed E-state index contributed by atoms with van der Waals surface area (Å²) < 4.78 is 1.37. The maximum absolute atomic E-state index is 12.2. The van der Waals surface area contributed by atoms with E-state index in [4.69, 9.17) is 5.73 Å². The van der Waals surface area contributed by atoms with E-state index in [1.54, 1.807) is 6.07 Å². The number of rotatable bonds is 2. The Bertz CT molecular complexity index is 509. The van der Waals surface area contributed by atoms with Gasteiger partial charge in [-0.1, -0.05) is 6.92 Å². The molecule has 98 valence electrons. The highest BCUT2D eigenvalue weighted by atomic mass is 16.2. The number of nitrogen functional groups attached to an aromatic ring is 1. The molecule has 0 aliphatic carbocycles. The zero-order valence-electron chi connectivity index (χ0n) is 10.8. The average Bonchev–Trinajstić information content (AvgIpc) is 2.63. The van der Waals surface area contributed by atoms with Crippen molar-refractivity contribution in [2.24, 2.45) is 5.92 Å². The van der Waals surface area contributed by atoms with Crippen LogP contribution < -0.4 is 11.3 Å². The van der Waals surface area contributed by atoms with Crippen molar-refractivity contribution in [2.75, 3.05) is 12.3 Å². The molecule has 0 radical (unpaired) electrons. The quantitative estimate of drug-likeness (QED) is 0.838. The van der Waals surface area contributed by atoms with Gasteiger partial charge in [-0.15, -0.1) is 0 Å². The Morgan fingerprint density at radius 1 is 1.44 bits per heavy atom. The lowest BCUT2D eigenvalue weighted by Crippen LogP contribution is -2.38. The summed E-state index contributed by atoms with van der Waals surface area (Å²) in [5.74, 6) is 0.515. The molecule has 1 aromatic rings. The summed E-state index contributed by atoms with van der Waals surface area (Å²) in [5.41, 5.74) is 5.92. The first kappa shape index (κ1) is 12.7. The van der Waals surface area contributed by atoms with Gasteiger partial charge in [0.2, 0.25) is 5.91 Å². The first-order valence-electron chi connectivity index (χ1n) is 6.23. The Hall–Kier alpha value is -1.78. The smallest absolute Gasteiger partial charge is 0.251 e. The molecular weight excluding hydrogens is 230 g/mol. The standard InChI is InChI=1S/C13H19N3O2/c1-9-5-10(2)16(6-9)13(18)8-15-7-11(14)3-4-12(15)17/h3-4,7,9-10H,5-6,8,14H2,1-2H3. The molecule has 1 aliphatic rings. The van der Waals surface area contributed by atoms with E-state index in [2.05, 4.69) is 6.92 Å². The van der Waals surface area contributed by atoms with Gasteiger partial charge in [-0.2, -0.15) is 0 Å². The summed E-state index contributed by atoms with van der Waals surface area (Å²) in [6.45, 7) is 5.03. The summed E-state index contributed by atoms with van der Waals surface area (Å²) in [5, 5.41) is 0. The number of nitrogens with zero attached hydrogens (tertiary/aromatic N) is 2. The molecule has 0 saturated carbocycles. The summed E-state index contributed by atoms with van der Waals surface area (Å²) in [4.78, 5) is 25.6. The van der Waals surface area contributed by atoms with E-state index >= 15 is 0 Å². The maximum Gasteiger partial charge on any atom is 0.251 e. The monoisotopic (exact) mass is 249 g/mol. The lowest BCUT2D eigenvalue weighted by atomic mass is 10.1. The highest BCUT2D eigenvalue weighted by Crippen LogP contribution is 2.22. The van der Waals surface area contributed by atoms with Gasteiger partial charge in [0.1, 0.15) is 6.54 Å². The number of pyridine rings is 1. The van der Waals surface area contributed by atoms with Gasteiger partial charge in [0.05, 0.1) is 0 Å². The molecule has 1 fully saturated rings. The molecule has 1 aromatic heterocycles. The second-order valence-corrected chi connectivity index (χ2v) is 5.16. The van der Waals surface area contributed by atoms with Crippen molar-refractivity contribution in [3.05, 3.63) is 28.7 Å². The topological polar surface area (TPSA) is 68.3 Å². The Morgan fingerprint density at radius 2 is 2.17 bits per heavy atom. The van der Waals surface area contributed by atoms with Crippen LogP contribution in [0.3, 0.4) is 0 Å². The van der Waals surface area contributed by atoms with Gasteiger partial charge in [0, 0.05) is 30.5 Å². The maximum atomic E-state index is 12.2. The number of hydrogen-bond acceptors (Lipinski definition) is 3. The van der Waals surface area contributed by atoms with Crippen molar-refractivity contribution in [2.45, 2.75) is 32.9 Å². The Kier molecular flexibility index (Phi) is 3.41. The molecule has 18 heavy (non-hydrogen) atoms. The fourth-order valence-electron chi connectivity index (χ4n) is 2.56. The second kappa shape index (κ2) is 4.84. The lowest BCUT2D eigenvalue weighted by Gasteiger charge is -2.22. The van der Waals surface area contributed by atoms with Crippen LogP contribution in [0.4, 0.5) is 5.69 Å². The van der Waals surface area contributed by atoms with Crippen molar-refractivity contribution in [1.29, 1.82) is 0 Å². The average molecular weight is 249 g/mol. The molecule has 5 nitrogen and oxygen atoms in total. The highest BCUT2D eigenvalue weighted by Gasteiger charge is 2.29. The Morgan fingerprint density at radius 3 is 2.78 bits per heavy atom. The molecule has 2 N–H and O–H groups in total. The van der Waals surface area contributed by atoms with E-state index < -0.39 is 0 Å². The molecule has 1 aliphatic heterocycles. The van der Waals surface area contributed by atoms with Crippen LogP contribution in [0.2, 0.25) is 0 Å². The summed E-state index contributed by atoms with van der Waals surface area (Å²) >= 11 is 0. The third kappa shape index (κ3) is 2.55. The van der Waals surface area contributed by atoms with E-state index in [1.165, 1.54) is 16.8 Å². The van der Waals surface area contributed by atoms with Crippen LogP contribution >= 0.6 is 0 Å². The van der Waals surface area contributed by atoms with Gasteiger partial charge in [0.25, 0.3) is 5.56 Å². The van der Waals surface area contributed by atoms with E-state index in [0.29, 0.717) is 11.6 Å². The number of aromatic nitrogens is 1. The second-order valence-electron chi connectivity index (χ2n) is 5.16. The van der Waals surface area contributed by atoms with E-state index in [9.17, 15) is 9.59 Å². The van der Waals surface area contributed by atoms with Crippen LogP contribution in [0.1, 0.15) is 20.3 Å². The molecule has 2 heterocycles. The minimum absolute atomic E-state index is 0.0143. The van der Waals surface area contributed by atoms with E-state index in [1.807, 2.05) is 11.8 Å². The number of carbonyl (C=O) groups excluding carboxylic acids is 1. The number of carbonyl (C=O) groups is 1. The Balaban J connectivity index is 2.12. The Labute approximate surface area is 106 Å². The third-order valence-corrected chi connectivity index (χ3v) is 3.42. The first-order chi connectivity index (χ1) is 8.47. The van der Waals surface area contributed by atoms with Crippen molar-refractivity contribution < 1.29 is 4.79 Å². The molecule has 0 aromatic carbocycles. The minimum Gasteiger partial charge on any atom is -0.398 e. The van der Waals surface area contributed by atoms with Gasteiger partial charge < -0.3 is 15.2 Å². The largest absolute Gasteiger partial charge is 0.398 e. The van der Waals surface area contributed by atoms with Crippen LogP contribution in [-0.4, -0.2) is 28.0 Å². The van der Waals surface area contributed by atoms with Gasteiger partial charge in [-0.05, 0) is 25.3 Å². The predicted octanol–water partition coefficient (Wildman–Crippen LogP) is 0.687. The molecule has 2 rings (SSSR count). The van der Waals surface area contributed by atoms with E-state index in [-0.39, 0.29) is 24.1 Å². The summed E-state index contributed by atoms with van der Waals surface area (Å²) in [7, 11) is 0. The van der Waals surface area contributed by atoms with Crippen LogP contribution in [0.25, 0.3) is 0 Å². The molecule has 5 heteroatoms. The van der Waals surface area contributed by atoms with Crippen molar-refractivity contribution >= 4 is 11.6 Å². The number of anilines is 1. The minimum atomic E-state index is -0.197. The normalized spacial score (nSPS) is 23.3. The summed E-state index contributed by atoms with van der Waals surface area (Å²) in [6, 6.07) is 3.19. The number of amides is 1.